The van der Waals surface area contributed by atoms with Crippen LogP contribution in [0.2, 0.25) is 0 Å². The smallest absolute Gasteiger partial charge is 0.336 e. The Morgan fingerprint density at radius 1 is 1.03 bits per heavy atom. The van der Waals surface area contributed by atoms with Gasteiger partial charge < -0.3 is 10.1 Å². The number of hydrogen-bond acceptors (Lipinski definition) is 5. The first-order chi connectivity index (χ1) is 15.6. The van der Waals surface area contributed by atoms with Crippen LogP contribution in [0.5, 0.6) is 5.75 Å². The molecule has 2 heterocycles. The van der Waals surface area contributed by atoms with Crippen molar-refractivity contribution >= 4 is 27.5 Å². The van der Waals surface area contributed by atoms with Crippen LogP contribution < -0.4 is 21.3 Å². The fourth-order valence-corrected chi connectivity index (χ4v) is 4.34. The molecule has 0 aliphatic carbocycles. The third kappa shape index (κ3) is 4.50. The van der Waals surface area contributed by atoms with Crippen LogP contribution in [0.15, 0.2) is 75.6 Å². The molecule has 2 aromatic heterocycles. The standard InChI is InChI=1S/C24H23N3O4S/c1-2-31-19-10-8-18(9-11-19)27-23(29)22-20(13-15-32-22)26(24(27)30)16-21(28)25-14-12-17-6-4-3-5-7-17/h3-11,13,15H,2,12,14,16H2,1H3,(H,25,28). The van der Waals surface area contributed by atoms with Crippen LogP contribution in [0.3, 0.4) is 0 Å². The van der Waals surface area contributed by atoms with Gasteiger partial charge in [0.15, 0.2) is 0 Å². The first kappa shape index (κ1) is 21.6. The molecule has 0 aliphatic rings. The SMILES string of the molecule is CCOc1ccc(-n2c(=O)c3sccc3n(CC(=O)NCCc3ccccc3)c2=O)cc1. The summed E-state index contributed by atoms with van der Waals surface area (Å²) in [5.41, 5.74) is 1.06. The summed E-state index contributed by atoms with van der Waals surface area (Å²) in [5.74, 6) is 0.368. The number of nitrogens with one attached hydrogen (secondary N) is 1. The van der Waals surface area contributed by atoms with Crippen molar-refractivity contribution in [3.8, 4) is 11.4 Å². The molecule has 2 aromatic carbocycles. The monoisotopic (exact) mass is 449 g/mol. The fraction of sp³-hybridized carbons (Fsp3) is 0.208. The highest BCUT2D eigenvalue weighted by atomic mass is 32.1. The van der Waals surface area contributed by atoms with E-state index >= 15 is 0 Å². The van der Waals surface area contributed by atoms with Gasteiger partial charge in [-0.2, -0.15) is 0 Å². The number of amides is 1. The van der Waals surface area contributed by atoms with Gasteiger partial charge in [0, 0.05) is 6.54 Å². The second-order valence-corrected chi connectivity index (χ2v) is 8.07. The lowest BCUT2D eigenvalue weighted by molar-refractivity contribution is -0.121. The Hall–Kier alpha value is -3.65. The van der Waals surface area contributed by atoms with Crippen molar-refractivity contribution in [2.24, 2.45) is 0 Å². The zero-order valence-corrected chi connectivity index (χ0v) is 18.4. The van der Waals surface area contributed by atoms with Crippen molar-refractivity contribution in [1.82, 2.24) is 14.5 Å². The average Bonchev–Trinajstić information content (AvgIpc) is 3.29. The fourth-order valence-electron chi connectivity index (χ4n) is 3.52. The van der Waals surface area contributed by atoms with E-state index in [-0.39, 0.29) is 12.5 Å². The highest BCUT2D eigenvalue weighted by Crippen LogP contribution is 2.18. The van der Waals surface area contributed by atoms with Crippen molar-refractivity contribution in [2.75, 3.05) is 13.2 Å². The van der Waals surface area contributed by atoms with Gasteiger partial charge in [0.05, 0.1) is 17.8 Å². The Bertz CT molecular complexity index is 1340. The normalized spacial score (nSPS) is 10.9. The molecule has 0 saturated carbocycles. The molecule has 0 spiro atoms. The van der Waals surface area contributed by atoms with Gasteiger partial charge in [0.1, 0.15) is 17.0 Å². The first-order valence-corrected chi connectivity index (χ1v) is 11.2. The molecule has 4 rings (SSSR count). The molecule has 0 saturated heterocycles. The van der Waals surface area contributed by atoms with Crippen molar-refractivity contribution in [2.45, 2.75) is 19.9 Å². The highest BCUT2D eigenvalue weighted by molar-refractivity contribution is 7.17. The predicted octanol–water partition coefficient (Wildman–Crippen LogP) is 2.97. The van der Waals surface area contributed by atoms with Crippen LogP contribution in [0.4, 0.5) is 0 Å². The second-order valence-electron chi connectivity index (χ2n) is 7.16. The molecule has 164 valence electrons. The summed E-state index contributed by atoms with van der Waals surface area (Å²) in [6, 6.07) is 18.3. The van der Waals surface area contributed by atoms with Crippen LogP contribution in [-0.4, -0.2) is 28.2 Å². The second kappa shape index (κ2) is 9.65. The molecule has 0 unspecified atom stereocenters. The van der Waals surface area contributed by atoms with Crippen molar-refractivity contribution in [3.05, 3.63) is 92.4 Å². The van der Waals surface area contributed by atoms with E-state index < -0.39 is 11.2 Å². The summed E-state index contributed by atoms with van der Waals surface area (Å²) in [5, 5.41) is 4.61. The molecule has 1 amide bonds. The molecule has 0 fully saturated rings. The minimum atomic E-state index is -0.553. The summed E-state index contributed by atoms with van der Waals surface area (Å²) in [6.07, 6.45) is 0.695. The van der Waals surface area contributed by atoms with E-state index in [0.29, 0.717) is 41.2 Å². The molecule has 4 aromatic rings. The van der Waals surface area contributed by atoms with Crippen molar-refractivity contribution < 1.29 is 9.53 Å². The van der Waals surface area contributed by atoms with E-state index in [4.69, 9.17) is 4.74 Å². The van der Waals surface area contributed by atoms with Gasteiger partial charge >= 0.3 is 5.69 Å². The molecule has 0 atom stereocenters. The molecule has 7 nitrogen and oxygen atoms in total. The van der Waals surface area contributed by atoms with Crippen LogP contribution in [0, 0.1) is 0 Å². The molecule has 1 N–H and O–H groups in total. The van der Waals surface area contributed by atoms with Gasteiger partial charge in [-0.15, -0.1) is 11.3 Å². The maximum absolute atomic E-state index is 13.3. The summed E-state index contributed by atoms with van der Waals surface area (Å²) in [7, 11) is 0. The summed E-state index contributed by atoms with van der Waals surface area (Å²) in [6.45, 7) is 2.69. The minimum Gasteiger partial charge on any atom is -0.494 e. The zero-order chi connectivity index (χ0) is 22.5. The Labute approximate surface area is 188 Å². The molecule has 32 heavy (non-hydrogen) atoms. The highest BCUT2D eigenvalue weighted by Gasteiger charge is 2.17. The summed E-state index contributed by atoms with van der Waals surface area (Å²) >= 11 is 1.25. The number of nitrogens with zero attached hydrogens (tertiary/aromatic N) is 2. The van der Waals surface area contributed by atoms with Crippen LogP contribution in [0.25, 0.3) is 15.9 Å². The van der Waals surface area contributed by atoms with Crippen LogP contribution in [0.1, 0.15) is 12.5 Å². The molecule has 0 aliphatic heterocycles. The van der Waals surface area contributed by atoms with E-state index in [0.717, 1.165) is 10.1 Å². The number of hydrogen-bond donors (Lipinski definition) is 1. The topological polar surface area (TPSA) is 82.3 Å². The number of fused-ring (bicyclic) bond motifs is 1. The quantitative estimate of drug-likeness (QED) is 0.448. The number of aromatic nitrogens is 2. The third-order valence-corrected chi connectivity index (χ3v) is 5.93. The Morgan fingerprint density at radius 3 is 2.50 bits per heavy atom. The van der Waals surface area contributed by atoms with Crippen molar-refractivity contribution in [1.29, 1.82) is 0 Å². The molecule has 0 bridgehead atoms. The molecule has 8 heteroatoms. The average molecular weight is 450 g/mol. The van der Waals surface area contributed by atoms with Gasteiger partial charge in [-0.05, 0) is 54.6 Å². The Kier molecular flexibility index (Phi) is 6.51. The molecular formula is C24H23N3O4S. The van der Waals surface area contributed by atoms with E-state index in [1.165, 1.54) is 15.9 Å². The number of carbonyl (C=O) groups is 1. The maximum atomic E-state index is 13.3. The number of ether oxygens (including phenoxy) is 1. The Balaban J connectivity index is 1.61. The van der Waals surface area contributed by atoms with Gasteiger partial charge in [0.25, 0.3) is 5.56 Å². The first-order valence-electron chi connectivity index (χ1n) is 10.4. The lowest BCUT2D eigenvalue weighted by Gasteiger charge is -2.13. The van der Waals surface area contributed by atoms with Gasteiger partial charge in [-0.3, -0.25) is 14.2 Å². The van der Waals surface area contributed by atoms with Crippen molar-refractivity contribution in [3.63, 3.8) is 0 Å². The largest absolute Gasteiger partial charge is 0.494 e. The Morgan fingerprint density at radius 2 is 1.78 bits per heavy atom. The van der Waals surface area contributed by atoms with E-state index in [2.05, 4.69) is 5.32 Å². The number of benzene rings is 2. The minimum absolute atomic E-state index is 0.168. The number of carbonyl (C=O) groups excluding carboxylic acids is 1. The van der Waals surface area contributed by atoms with E-state index in [9.17, 15) is 14.4 Å². The number of thiophene rings is 1. The van der Waals surface area contributed by atoms with E-state index in [1.807, 2.05) is 37.3 Å². The summed E-state index contributed by atoms with van der Waals surface area (Å²) < 4.78 is 8.32. The lowest BCUT2D eigenvalue weighted by Crippen LogP contribution is -2.41. The zero-order valence-electron chi connectivity index (χ0n) is 17.6. The third-order valence-electron chi connectivity index (χ3n) is 5.04. The number of rotatable bonds is 8. The molecular weight excluding hydrogens is 426 g/mol. The maximum Gasteiger partial charge on any atom is 0.336 e. The van der Waals surface area contributed by atoms with Crippen LogP contribution >= 0.6 is 11.3 Å². The van der Waals surface area contributed by atoms with Gasteiger partial charge in [-0.1, -0.05) is 30.3 Å². The molecule has 0 radical (unpaired) electrons. The lowest BCUT2D eigenvalue weighted by atomic mass is 10.1. The van der Waals surface area contributed by atoms with E-state index in [1.54, 1.807) is 35.7 Å². The van der Waals surface area contributed by atoms with Gasteiger partial charge in [0.2, 0.25) is 5.91 Å². The van der Waals surface area contributed by atoms with Gasteiger partial charge in [-0.25, -0.2) is 9.36 Å². The predicted molar refractivity (Wildman–Crippen MR) is 126 cm³/mol. The van der Waals surface area contributed by atoms with Crippen LogP contribution in [-0.2, 0) is 17.8 Å². The summed E-state index contributed by atoms with van der Waals surface area (Å²) in [4.78, 5) is 38.9.